The van der Waals surface area contributed by atoms with E-state index < -0.39 is 10.0 Å². The Morgan fingerprint density at radius 2 is 1.95 bits per heavy atom. The second kappa shape index (κ2) is 6.55. The predicted molar refractivity (Wildman–Crippen MR) is 80.5 cm³/mol. The first-order valence-electron chi connectivity index (χ1n) is 6.35. The third kappa shape index (κ3) is 3.93. The third-order valence-corrected chi connectivity index (χ3v) is 4.43. The topological polar surface area (TPSA) is 94.3 Å². The highest BCUT2D eigenvalue weighted by Gasteiger charge is 2.15. The van der Waals surface area contributed by atoms with E-state index in [-0.39, 0.29) is 4.90 Å². The number of hydrogen-bond acceptors (Lipinski definition) is 5. The van der Waals surface area contributed by atoms with Crippen LogP contribution in [0.15, 0.2) is 47.6 Å². The third-order valence-electron chi connectivity index (χ3n) is 2.97. The van der Waals surface area contributed by atoms with Crippen molar-refractivity contribution in [3.8, 4) is 5.75 Å². The zero-order valence-corrected chi connectivity index (χ0v) is 12.4. The molecule has 1 aromatic heterocycles. The number of sulfonamides is 1. The summed E-state index contributed by atoms with van der Waals surface area (Å²) in [5.41, 5.74) is 7.09. The van der Waals surface area contributed by atoms with Crippen LogP contribution in [0.4, 0.5) is 5.69 Å². The van der Waals surface area contributed by atoms with E-state index in [1.54, 1.807) is 12.4 Å². The first-order valence-corrected chi connectivity index (χ1v) is 7.83. The summed E-state index contributed by atoms with van der Waals surface area (Å²) in [6.07, 6.45) is 3.94. The molecule has 0 radical (unpaired) electrons. The van der Waals surface area contributed by atoms with Crippen molar-refractivity contribution in [3.05, 3.63) is 48.3 Å². The summed E-state index contributed by atoms with van der Waals surface area (Å²) in [6.45, 7) is 0.305. The molecule has 0 bridgehead atoms. The summed E-state index contributed by atoms with van der Waals surface area (Å²) in [5.74, 6) is 0.340. The number of benzene rings is 1. The van der Waals surface area contributed by atoms with Gasteiger partial charge in [-0.2, -0.15) is 0 Å². The minimum absolute atomic E-state index is 0.128. The number of pyridine rings is 1. The molecule has 2 aromatic rings. The Labute approximate surface area is 124 Å². The molecule has 2 rings (SSSR count). The van der Waals surface area contributed by atoms with E-state index in [0.717, 1.165) is 5.56 Å². The highest BCUT2D eigenvalue weighted by molar-refractivity contribution is 7.89. The zero-order chi connectivity index (χ0) is 15.3. The summed E-state index contributed by atoms with van der Waals surface area (Å²) >= 11 is 0. The number of nitrogens with one attached hydrogen (secondary N) is 1. The Kier molecular flexibility index (Phi) is 4.77. The summed E-state index contributed by atoms with van der Waals surface area (Å²) < 4.78 is 31.9. The number of nitrogens with zero attached hydrogens (tertiary/aromatic N) is 1. The average Bonchev–Trinajstić information content (AvgIpc) is 2.48. The zero-order valence-electron chi connectivity index (χ0n) is 11.6. The molecule has 6 nitrogen and oxygen atoms in total. The van der Waals surface area contributed by atoms with Gasteiger partial charge in [-0.15, -0.1) is 0 Å². The Morgan fingerprint density at radius 1 is 1.24 bits per heavy atom. The average molecular weight is 307 g/mol. The Hall–Kier alpha value is -2.12. The smallest absolute Gasteiger partial charge is 0.240 e. The van der Waals surface area contributed by atoms with E-state index in [4.69, 9.17) is 10.5 Å². The van der Waals surface area contributed by atoms with Crippen molar-refractivity contribution >= 4 is 15.7 Å². The van der Waals surface area contributed by atoms with Gasteiger partial charge in [0.2, 0.25) is 10.0 Å². The number of methoxy groups -OCH3 is 1. The lowest BCUT2D eigenvalue weighted by molar-refractivity contribution is 0.415. The maximum atomic E-state index is 12.2. The summed E-state index contributed by atoms with van der Waals surface area (Å²) in [7, 11) is -2.14. The number of nitrogens with two attached hydrogens (primary N) is 1. The van der Waals surface area contributed by atoms with Gasteiger partial charge in [0.05, 0.1) is 17.7 Å². The van der Waals surface area contributed by atoms with Gasteiger partial charge in [0.1, 0.15) is 5.75 Å². The number of nitrogen functional groups attached to an aromatic ring is 1. The molecular formula is C14H17N3O3S. The van der Waals surface area contributed by atoms with Crippen LogP contribution in [0, 0.1) is 0 Å². The molecule has 1 heterocycles. The molecular weight excluding hydrogens is 290 g/mol. The molecule has 1 aromatic carbocycles. The molecule has 0 atom stereocenters. The van der Waals surface area contributed by atoms with E-state index in [1.165, 1.54) is 25.3 Å². The van der Waals surface area contributed by atoms with E-state index in [0.29, 0.717) is 24.4 Å². The van der Waals surface area contributed by atoms with E-state index in [9.17, 15) is 8.42 Å². The van der Waals surface area contributed by atoms with Gasteiger partial charge in [0, 0.05) is 25.0 Å². The first-order chi connectivity index (χ1) is 10.0. The molecule has 7 heteroatoms. The lowest BCUT2D eigenvalue weighted by Crippen LogP contribution is -2.26. The highest BCUT2D eigenvalue weighted by Crippen LogP contribution is 2.24. The fraction of sp³-hybridized carbons (Fsp3) is 0.214. The number of hydrogen-bond donors (Lipinski definition) is 2. The fourth-order valence-corrected chi connectivity index (χ4v) is 2.87. The van der Waals surface area contributed by atoms with Crippen molar-refractivity contribution in [3.63, 3.8) is 0 Å². The Morgan fingerprint density at radius 3 is 2.62 bits per heavy atom. The van der Waals surface area contributed by atoms with Crippen LogP contribution in [0.5, 0.6) is 5.75 Å². The van der Waals surface area contributed by atoms with Gasteiger partial charge in [-0.25, -0.2) is 13.1 Å². The van der Waals surface area contributed by atoms with Gasteiger partial charge >= 0.3 is 0 Å². The molecule has 112 valence electrons. The number of rotatable bonds is 6. The summed E-state index contributed by atoms with van der Waals surface area (Å²) in [5, 5.41) is 0. The normalized spacial score (nSPS) is 11.3. The minimum Gasteiger partial charge on any atom is -0.495 e. The predicted octanol–water partition coefficient (Wildman–Crippen LogP) is 1.19. The first kappa shape index (κ1) is 15.3. The van der Waals surface area contributed by atoms with Gasteiger partial charge in [-0.1, -0.05) is 0 Å². The number of aromatic nitrogens is 1. The lowest BCUT2D eigenvalue weighted by atomic mass is 10.2. The lowest BCUT2D eigenvalue weighted by Gasteiger charge is -2.09. The SMILES string of the molecule is COc1cc(S(=O)(=O)NCCc2ccncc2)ccc1N. The quantitative estimate of drug-likeness (QED) is 0.782. The van der Waals surface area contributed by atoms with Crippen LogP contribution in [-0.2, 0) is 16.4 Å². The van der Waals surface area contributed by atoms with E-state index in [1.807, 2.05) is 12.1 Å². The van der Waals surface area contributed by atoms with Crippen LogP contribution in [0.2, 0.25) is 0 Å². The van der Waals surface area contributed by atoms with Crippen LogP contribution < -0.4 is 15.2 Å². The largest absolute Gasteiger partial charge is 0.495 e. The van der Waals surface area contributed by atoms with Crippen molar-refractivity contribution < 1.29 is 13.2 Å². The van der Waals surface area contributed by atoms with Gasteiger partial charge in [-0.05, 0) is 36.2 Å². The molecule has 0 aliphatic rings. The second-order valence-corrected chi connectivity index (χ2v) is 6.17. The Bertz CT molecular complexity index is 703. The van der Waals surface area contributed by atoms with Gasteiger partial charge in [0.15, 0.2) is 0 Å². The Balaban J connectivity index is 2.05. The number of ether oxygens (including phenoxy) is 1. The van der Waals surface area contributed by atoms with Crippen molar-refractivity contribution in [1.29, 1.82) is 0 Å². The van der Waals surface area contributed by atoms with Crippen LogP contribution in [-0.4, -0.2) is 27.1 Å². The van der Waals surface area contributed by atoms with Crippen molar-refractivity contribution in [1.82, 2.24) is 9.71 Å². The van der Waals surface area contributed by atoms with Gasteiger partial charge in [-0.3, -0.25) is 4.98 Å². The number of anilines is 1. The molecule has 0 amide bonds. The molecule has 3 N–H and O–H groups in total. The maximum absolute atomic E-state index is 12.2. The van der Waals surface area contributed by atoms with E-state index in [2.05, 4.69) is 9.71 Å². The second-order valence-electron chi connectivity index (χ2n) is 4.41. The summed E-state index contributed by atoms with van der Waals surface area (Å²) in [6, 6.07) is 8.06. The molecule has 21 heavy (non-hydrogen) atoms. The molecule has 0 saturated heterocycles. The van der Waals surface area contributed by atoms with E-state index >= 15 is 0 Å². The van der Waals surface area contributed by atoms with Crippen molar-refractivity contribution in [2.24, 2.45) is 0 Å². The highest BCUT2D eigenvalue weighted by atomic mass is 32.2. The van der Waals surface area contributed by atoms with Crippen LogP contribution in [0.1, 0.15) is 5.56 Å². The van der Waals surface area contributed by atoms with Crippen LogP contribution in [0.25, 0.3) is 0 Å². The fourth-order valence-electron chi connectivity index (χ4n) is 1.82. The monoisotopic (exact) mass is 307 g/mol. The molecule has 0 spiro atoms. The molecule has 0 fully saturated rings. The van der Waals surface area contributed by atoms with Gasteiger partial charge in [0.25, 0.3) is 0 Å². The molecule has 0 aliphatic carbocycles. The standard InChI is InChI=1S/C14H17N3O3S/c1-20-14-10-12(2-3-13(14)15)21(18,19)17-9-6-11-4-7-16-8-5-11/h2-5,7-8,10,17H,6,9,15H2,1H3. The maximum Gasteiger partial charge on any atom is 0.240 e. The summed E-state index contributed by atoms with van der Waals surface area (Å²) in [4.78, 5) is 4.04. The molecule has 0 aliphatic heterocycles. The molecule has 0 saturated carbocycles. The van der Waals surface area contributed by atoms with Crippen LogP contribution >= 0.6 is 0 Å². The van der Waals surface area contributed by atoms with Crippen molar-refractivity contribution in [2.75, 3.05) is 19.4 Å². The minimum atomic E-state index is -3.58. The molecule has 0 unspecified atom stereocenters. The van der Waals surface area contributed by atoms with Crippen molar-refractivity contribution in [2.45, 2.75) is 11.3 Å². The van der Waals surface area contributed by atoms with Gasteiger partial charge < -0.3 is 10.5 Å². The van der Waals surface area contributed by atoms with Crippen LogP contribution in [0.3, 0.4) is 0 Å².